The number of carbonyl (C=O) groups is 3. The smallest absolute Gasteiger partial charge is 0.325 e. The Hall–Kier alpha value is -1.59. The number of likely N-dealkylation sites (tertiary alicyclic amines) is 1. The molecule has 0 saturated carbocycles. The average Bonchev–Trinajstić information content (AvgIpc) is 2.36. The van der Waals surface area contributed by atoms with Crippen LogP contribution in [-0.4, -0.2) is 46.9 Å². The Labute approximate surface area is 119 Å². The molecule has 1 rings (SSSR count). The van der Waals surface area contributed by atoms with Crippen LogP contribution in [0.3, 0.4) is 0 Å². The zero-order chi connectivity index (χ0) is 15.5. The van der Waals surface area contributed by atoms with Gasteiger partial charge in [0.25, 0.3) is 0 Å². The highest BCUT2D eigenvalue weighted by molar-refractivity contribution is 5.86. The molecule has 0 bridgehead atoms. The van der Waals surface area contributed by atoms with Gasteiger partial charge in [-0.1, -0.05) is 20.8 Å². The fourth-order valence-electron chi connectivity index (χ4n) is 2.24. The molecule has 0 aromatic heterocycles. The summed E-state index contributed by atoms with van der Waals surface area (Å²) < 4.78 is 0. The number of hydrogen-bond acceptors (Lipinski definition) is 3. The van der Waals surface area contributed by atoms with E-state index < -0.39 is 17.4 Å². The van der Waals surface area contributed by atoms with Crippen molar-refractivity contribution in [2.24, 2.45) is 11.3 Å². The molecule has 0 aromatic carbocycles. The highest BCUT2D eigenvalue weighted by Crippen LogP contribution is 2.23. The lowest BCUT2D eigenvalue weighted by atomic mass is 9.91. The van der Waals surface area contributed by atoms with Crippen molar-refractivity contribution >= 4 is 17.8 Å². The van der Waals surface area contributed by atoms with Crippen LogP contribution in [-0.2, 0) is 14.4 Å². The Morgan fingerprint density at radius 1 is 1.30 bits per heavy atom. The molecule has 1 saturated heterocycles. The van der Waals surface area contributed by atoms with E-state index in [0.29, 0.717) is 19.5 Å². The number of hydrogen-bond donors (Lipinski definition) is 2. The summed E-state index contributed by atoms with van der Waals surface area (Å²) in [5.41, 5.74) is -0.466. The molecule has 0 aromatic rings. The van der Waals surface area contributed by atoms with Gasteiger partial charge in [0.15, 0.2) is 0 Å². The Balaban J connectivity index is 2.63. The molecule has 1 unspecified atom stereocenters. The Morgan fingerprint density at radius 3 is 2.40 bits per heavy atom. The van der Waals surface area contributed by atoms with Crippen molar-refractivity contribution in [1.29, 1.82) is 0 Å². The van der Waals surface area contributed by atoms with E-state index in [1.54, 1.807) is 4.90 Å². The van der Waals surface area contributed by atoms with Crippen molar-refractivity contribution in [2.45, 2.75) is 46.6 Å². The van der Waals surface area contributed by atoms with E-state index >= 15 is 0 Å². The van der Waals surface area contributed by atoms with Gasteiger partial charge in [0.1, 0.15) is 6.04 Å². The second-order valence-electron chi connectivity index (χ2n) is 6.41. The van der Waals surface area contributed by atoms with Crippen LogP contribution in [0.25, 0.3) is 0 Å². The third-order valence-electron chi connectivity index (χ3n) is 3.45. The first-order valence-electron chi connectivity index (χ1n) is 6.95. The molecule has 0 spiro atoms. The van der Waals surface area contributed by atoms with Crippen molar-refractivity contribution in [3.8, 4) is 0 Å². The summed E-state index contributed by atoms with van der Waals surface area (Å²) in [5.74, 6) is -1.64. The van der Waals surface area contributed by atoms with Gasteiger partial charge in [0.2, 0.25) is 11.8 Å². The van der Waals surface area contributed by atoms with E-state index in [4.69, 9.17) is 5.11 Å². The maximum absolute atomic E-state index is 12.2. The molecule has 6 nitrogen and oxygen atoms in total. The van der Waals surface area contributed by atoms with Crippen molar-refractivity contribution in [1.82, 2.24) is 10.2 Å². The predicted molar refractivity (Wildman–Crippen MR) is 74.0 cm³/mol. The maximum atomic E-state index is 12.2. The summed E-state index contributed by atoms with van der Waals surface area (Å²) in [4.78, 5) is 36.7. The lowest BCUT2D eigenvalue weighted by Gasteiger charge is -2.36. The molecule has 2 N–H and O–H groups in total. The number of piperidine rings is 1. The van der Waals surface area contributed by atoms with Gasteiger partial charge < -0.3 is 15.3 Å². The van der Waals surface area contributed by atoms with Crippen LogP contribution >= 0.6 is 0 Å². The zero-order valence-electron chi connectivity index (χ0n) is 12.6. The van der Waals surface area contributed by atoms with E-state index in [2.05, 4.69) is 5.32 Å². The van der Waals surface area contributed by atoms with E-state index in [9.17, 15) is 14.4 Å². The molecule has 1 heterocycles. The van der Waals surface area contributed by atoms with Crippen LogP contribution in [0.1, 0.15) is 40.5 Å². The number of carboxylic acid groups (broad SMARTS) is 1. The maximum Gasteiger partial charge on any atom is 0.325 e. The molecule has 2 amide bonds. The van der Waals surface area contributed by atoms with Gasteiger partial charge >= 0.3 is 5.97 Å². The minimum atomic E-state index is -1.06. The summed E-state index contributed by atoms with van der Waals surface area (Å²) in [6.45, 7) is 8.02. The molecule has 2 atom stereocenters. The second-order valence-corrected chi connectivity index (χ2v) is 6.41. The predicted octanol–water partition coefficient (Wildman–Crippen LogP) is 0.860. The molecule has 6 heteroatoms. The van der Waals surface area contributed by atoms with E-state index in [1.807, 2.05) is 20.8 Å². The van der Waals surface area contributed by atoms with Crippen molar-refractivity contribution in [3.63, 3.8) is 0 Å². The van der Waals surface area contributed by atoms with Gasteiger partial charge in [-0.3, -0.25) is 14.4 Å². The lowest BCUT2D eigenvalue weighted by molar-refractivity contribution is -0.145. The Kier molecular flexibility index (Phi) is 5.14. The normalized spacial score (nSPS) is 21.2. The standard InChI is InChI=1S/C14H24N2O4/c1-9(12(18)19)15-11(17)10-6-5-7-16(8-10)13(20)14(2,3)4/h9-10H,5-8H2,1-4H3,(H,15,17)(H,18,19)/t9-,10?/m1/s1. The van der Waals surface area contributed by atoms with E-state index in [0.717, 1.165) is 6.42 Å². The Morgan fingerprint density at radius 2 is 1.90 bits per heavy atom. The summed E-state index contributed by atoms with van der Waals surface area (Å²) in [6.07, 6.45) is 1.45. The van der Waals surface area contributed by atoms with Crippen LogP contribution in [0.2, 0.25) is 0 Å². The molecule has 114 valence electrons. The monoisotopic (exact) mass is 284 g/mol. The number of amides is 2. The molecule has 20 heavy (non-hydrogen) atoms. The van der Waals surface area contributed by atoms with Crippen molar-refractivity contribution in [3.05, 3.63) is 0 Å². The minimum Gasteiger partial charge on any atom is -0.480 e. The molecular formula is C14H24N2O4. The van der Waals surface area contributed by atoms with Gasteiger partial charge in [-0.2, -0.15) is 0 Å². The highest BCUT2D eigenvalue weighted by atomic mass is 16.4. The fraction of sp³-hybridized carbons (Fsp3) is 0.786. The molecule has 1 aliphatic rings. The minimum absolute atomic E-state index is 0.0290. The molecule has 0 radical (unpaired) electrons. The summed E-state index contributed by atoms with van der Waals surface area (Å²) in [7, 11) is 0. The van der Waals surface area contributed by atoms with Crippen LogP contribution < -0.4 is 5.32 Å². The summed E-state index contributed by atoms with van der Waals surface area (Å²) in [6, 6.07) is -0.906. The van der Waals surface area contributed by atoms with Crippen molar-refractivity contribution in [2.75, 3.05) is 13.1 Å². The van der Waals surface area contributed by atoms with Crippen molar-refractivity contribution < 1.29 is 19.5 Å². The fourth-order valence-corrected chi connectivity index (χ4v) is 2.24. The van der Waals surface area contributed by atoms with Crippen LogP contribution in [0.15, 0.2) is 0 Å². The Bertz CT molecular complexity index is 400. The third kappa shape index (κ3) is 4.21. The summed E-state index contributed by atoms with van der Waals surface area (Å²) >= 11 is 0. The van der Waals surface area contributed by atoms with Crippen LogP contribution in [0, 0.1) is 11.3 Å². The second kappa shape index (κ2) is 6.24. The molecule has 1 aliphatic heterocycles. The zero-order valence-corrected chi connectivity index (χ0v) is 12.6. The first kappa shape index (κ1) is 16.5. The number of nitrogens with zero attached hydrogens (tertiary/aromatic N) is 1. The van der Waals surface area contributed by atoms with Gasteiger partial charge in [0, 0.05) is 18.5 Å². The molecule has 0 aliphatic carbocycles. The lowest BCUT2D eigenvalue weighted by Crippen LogP contribution is -2.50. The van der Waals surface area contributed by atoms with Gasteiger partial charge in [-0.05, 0) is 19.8 Å². The molecular weight excluding hydrogens is 260 g/mol. The van der Waals surface area contributed by atoms with Gasteiger partial charge in [-0.25, -0.2) is 0 Å². The van der Waals surface area contributed by atoms with E-state index in [-0.39, 0.29) is 17.7 Å². The average molecular weight is 284 g/mol. The number of nitrogens with one attached hydrogen (secondary N) is 1. The van der Waals surface area contributed by atoms with Gasteiger partial charge in [0.05, 0.1) is 5.92 Å². The van der Waals surface area contributed by atoms with Crippen LogP contribution in [0.5, 0.6) is 0 Å². The summed E-state index contributed by atoms with van der Waals surface area (Å²) in [5, 5.41) is 11.3. The largest absolute Gasteiger partial charge is 0.480 e. The SMILES string of the molecule is C[C@@H](NC(=O)C1CCCN(C(=O)C(C)(C)C)C1)C(=O)O. The van der Waals surface area contributed by atoms with E-state index in [1.165, 1.54) is 6.92 Å². The quantitative estimate of drug-likeness (QED) is 0.804. The highest BCUT2D eigenvalue weighted by Gasteiger charge is 2.33. The first-order chi connectivity index (χ1) is 9.12. The third-order valence-corrected chi connectivity index (χ3v) is 3.45. The number of aliphatic carboxylic acids is 1. The number of carbonyl (C=O) groups excluding carboxylic acids is 2. The number of carboxylic acids is 1. The van der Waals surface area contributed by atoms with Gasteiger partial charge in [-0.15, -0.1) is 0 Å². The number of rotatable bonds is 3. The van der Waals surface area contributed by atoms with Crippen LogP contribution in [0.4, 0.5) is 0 Å². The first-order valence-corrected chi connectivity index (χ1v) is 6.95. The molecule has 1 fully saturated rings. The topological polar surface area (TPSA) is 86.7 Å².